The molecule has 1 amide bonds. The van der Waals surface area contributed by atoms with Crippen LogP contribution in [0.25, 0.3) is 0 Å². The Morgan fingerprint density at radius 2 is 1.53 bits per heavy atom. The van der Waals surface area contributed by atoms with Gasteiger partial charge in [0.1, 0.15) is 0 Å². The predicted octanol–water partition coefficient (Wildman–Crippen LogP) is 7.14. The number of ether oxygens (including phenoxy) is 1. The lowest BCUT2D eigenvalue weighted by molar-refractivity contribution is 0.0526. The minimum atomic E-state index is -0.401. The molecule has 0 fully saturated rings. The van der Waals surface area contributed by atoms with E-state index in [1.165, 1.54) is 0 Å². The molecule has 32 heavy (non-hydrogen) atoms. The Hall–Kier alpha value is -2.82. The number of esters is 1. The van der Waals surface area contributed by atoms with Crippen molar-refractivity contribution in [3.8, 4) is 0 Å². The zero-order valence-corrected chi connectivity index (χ0v) is 19.8. The monoisotopic (exact) mass is 469 g/mol. The Bertz CT molecular complexity index is 1090. The molecule has 0 atom stereocenters. The van der Waals surface area contributed by atoms with E-state index in [-0.39, 0.29) is 12.5 Å². The van der Waals surface area contributed by atoms with Crippen LogP contribution < -0.4 is 4.90 Å². The number of anilines is 1. The van der Waals surface area contributed by atoms with Crippen molar-refractivity contribution in [3.63, 3.8) is 0 Å². The number of amides is 1. The number of rotatable bonds is 7. The van der Waals surface area contributed by atoms with Crippen LogP contribution in [0.5, 0.6) is 0 Å². The van der Waals surface area contributed by atoms with E-state index in [4.69, 9.17) is 27.9 Å². The minimum absolute atomic E-state index is 0.171. The van der Waals surface area contributed by atoms with Crippen LogP contribution in [-0.4, -0.2) is 18.5 Å². The minimum Gasteiger partial charge on any atom is -0.462 e. The Morgan fingerprint density at radius 1 is 0.906 bits per heavy atom. The first kappa shape index (κ1) is 23.8. The summed E-state index contributed by atoms with van der Waals surface area (Å²) >= 11 is 12.4. The molecule has 0 saturated heterocycles. The van der Waals surface area contributed by atoms with E-state index in [1.54, 1.807) is 54.3 Å². The lowest BCUT2D eigenvalue weighted by Crippen LogP contribution is -2.30. The smallest absolute Gasteiger partial charge is 0.338 e. The number of carbonyl (C=O) groups is 2. The molecule has 0 heterocycles. The summed E-state index contributed by atoms with van der Waals surface area (Å²) in [6.07, 6.45) is 0. The van der Waals surface area contributed by atoms with E-state index >= 15 is 0 Å². The summed E-state index contributed by atoms with van der Waals surface area (Å²) < 4.78 is 5.05. The number of halogens is 2. The highest BCUT2D eigenvalue weighted by Gasteiger charge is 2.20. The van der Waals surface area contributed by atoms with Crippen LogP contribution in [0, 0.1) is 0 Å². The molecule has 0 radical (unpaired) electrons. The molecule has 166 valence electrons. The van der Waals surface area contributed by atoms with Gasteiger partial charge >= 0.3 is 5.97 Å². The van der Waals surface area contributed by atoms with Gasteiger partial charge in [-0.1, -0.05) is 55.2 Å². The second-order valence-corrected chi connectivity index (χ2v) is 8.51. The molecule has 0 saturated carbocycles. The Labute approximate surface area is 198 Å². The van der Waals surface area contributed by atoms with Crippen LogP contribution in [0.4, 0.5) is 5.69 Å². The van der Waals surface area contributed by atoms with Gasteiger partial charge in [0.25, 0.3) is 5.91 Å². The molecule has 0 unspecified atom stereocenters. The molecular formula is C26H25Cl2NO3. The largest absolute Gasteiger partial charge is 0.462 e. The van der Waals surface area contributed by atoms with Crippen molar-refractivity contribution < 1.29 is 14.3 Å². The topological polar surface area (TPSA) is 46.6 Å². The average Bonchev–Trinajstić information content (AvgIpc) is 2.78. The van der Waals surface area contributed by atoms with Crippen LogP contribution in [0.2, 0.25) is 10.0 Å². The van der Waals surface area contributed by atoms with Crippen molar-refractivity contribution in [2.24, 2.45) is 0 Å². The van der Waals surface area contributed by atoms with Crippen LogP contribution in [-0.2, 0) is 11.3 Å². The van der Waals surface area contributed by atoms with Crippen LogP contribution in [0.3, 0.4) is 0 Å². The molecule has 3 aromatic carbocycles. The first-order chi connectivity index (χ1) is 15.3. The van der Waals surface area contributed by atoms with E-state index in [0.717, 1.165) is 11.1 Å². The first-order valence-corrected chi connectivity index (χ1v) is 11.2. The lowest BCUT2D eigenvalue weighted by atomic mass is 10.0. The molecule has 0 aliphatic carbocycles. The van der Waals surface area contributed by atoms with Gasteiger partial charge in [-0.05, 0) is 72.5 Å². The molecule has 0 aliphatic rings. The maximum Gasteiger partial charge on any atom is 0.338 e. The number of hydrogen-bond acceptors (Lipinski definition) is 3. The third-order valence-electron chi connectivity index (χ3n) is 5.10. The highest BCUT2D eigenvalue weighted by molar-refractivity contribution is 6.35. The van der Waals surface area contributed by atoms with Gasteiger partial charge in [0, 0.05) is 21.3 Å². The first-order valence-electron chi connectivity index (χ1n) is 10.4. The number of carbonyl (C=O) groups excluding carboxylic acids is 2. The Kier molecular flexibility index (Phi) is 7.94. The SMILES string of the molecule is CCOC(=O)c1ccc(N(Cc2ccc(Cl)cc2Cl)C(=O)c2ccc(C(C)C)cc2)cc1. The lowest BCUT2D eigenvalue weighted by Gasteiger charge is -2.24. The normalized spacial score (nSPS) is 10.8. The molecule has 6 heteroatoms. The summed E-state index contributed by atoms with van der Waals surface area (Å²) in [6.45, 7) is 6.52. The van der Waals surface area contributed by atoms with Gasteiger partial charge in [0.15, 0.2) is 0 Å². The molecule has 3 rings (SSSR count). The summed E-state index contributed by atoms with van der Waals surface area (Å²) in [5, 5.41) is 1.01. The van der Waals surface area contributed by atoms with Crippen molar-refractivity contribution in [1.82, 2.24) is 0 Å². The number of benzene rings is 3. The summed E-state index contributed by atoms with van der Waals surface area (Å²) in [4.78, 5) is 27.1. The van der Waals surface area contributed by atoms with Crippen LogP contribution in [0.1, 0.15) is 58.5 Å². The number of hydrogen-bond donors (Lipinski definition) is 0. The van der Waals surface area contributed by atoms with Gasteiger partial charge < -0.3 is 9.64 Å². The van der Waals surface area contributed by atoms with Gasteiger partial charge in [0.05, 0.1) is 18.7 Å². The molecular weight excluding hydrogens is 445 g/mol. The van der Waals surface area contributed by atoms with E-state index in [1.807, 2.05) is 24.3 Å². The van der Waals surface area contributed by atoms with E-state index in [9.17, 15) is 9.59 Å². The predicted molar refractivity (Wildman–Crippen MR) is 130 cm³/mol. The summed E-state index contributed by atoms with van der Waals surface area (Å²) in [5.41, 5.74) is 3.55. The molecule has 0 spiro atoms. The highest BCUT2D eigenvalue weighted by atomic mass is 35.5. The Morgan fingerprint density at radius 3 is 2.09 bits per heavy atom. The van der Waals surface area contributed by atoms with Crippen LogP contribution >= 0.6 is 23.2 Å². The van der Waals surface area contributed by atoms with Crippen molar-refractivity contribution in [3.05, 3.63) is 99.0 Å². The quantitative estimate of drug-likeness (QED) is 0.345. The average molecular weight is 470 g/mol. The summed E-state index contributed by atoms with van der Waals surface area (Å²) in [7, 11) is 0. The third-order valence-corrected chi connectivity index (χ3v) is 5.69. The fourth-order valence-corrected chi connectivity index (χ4v) is 3.73. The zero-order valence-electron chi connectivity index (χ0n) is 18.3. The highest BCUT2D eigenvalue weighted by Crippen LogP contribution is 2.27. The van der Waals surface area contributed by atoms with Gasteiger partial charge in [-0.2, -0.15) is 0 Å². The van der Waals surface area contributed by atoms with Gasteiger partial charge in [-0.25, -0.2) is 4.79 Å². The van der Waals surface area contributed by atoms with Crippen molar-refractivity contribution in [2.75, 3.05) is 11.5 Å². The van der Waals surface area contributed by atoms with E-state index < -0.39 is 5.97 Å². The molecule has 4 nitrogen and oxygen atoms in total. The van der Waals surface area contributed by atoms with Gasteiger partial charge in [0.2, 0.25) is 0 Å². The molecule has 0 aromatic heterocycles. The van der Waals surface area contributed by atoms with Gasteiger partial charge in [-0.15, -0.1) is 0 Å². The maximum atomic E-state index is 13.5. The fourth-order valence-electron chi connectivity index (χ4n) is 3.26. The summed E-state index contributed by atoms with van der Waals surface area (Å²) in [6, 6.07) is 19.6. The standard InChI is InChI=1S/C26H25Cl2NO3/c1-4-32-26(31)20-10-13-23(14-11-20)29(16-21-9-12-22(27)15-24(21)28)25(30)19-7-5-18(6-8-19)17(2)3/h5-15,17H,4,16H2,1-3H3. The van der Waals surface area contributed by atoms with Crippen molar-refractivity contribution >= 4 is 40.8 Å². The second kappa shape index (κ2) is 10.7. The fraction of sp³-hybridized carbons (Fsp3) is 0.231. The molecule has 0 aliphatic heterocycles. The van der Waals surface area contributed by atoms with Crippen molar-refractivity contribution in [2.45, 2.75) is 33.2 Å². The maximum absolute atomic E-state index is 13.5. The van der Waals surface area contributed by atoms with Crippen LogP contribution in [0.15, 0.2) is 66.7 Å². The zero-order chi connectivity index (χ0) is 23.3. The Balaban J connectivity index is 1.96. The molecule has 0 N–H and O–H groups in total. The molecule has 3 aromatic rings. The molecule has 0 bridgehead atoms. The number of nitrogens with zero attached hydrogens (tertiary/aromatic N) is 1. The van der Waals surface area contributed by atoms with E-state index in [0.29, 0.717) is 39.4 Å². The van der Waals surface area contributed by atoms with Crippen molar-refractivity contribution in [1.29, 1.82) is 0 Å². The summed E-state index contributed by atoms with van der Waals surface area (Å²) in [5.74, 6) is -0.198. The second-order valence-electron chi connectivity index (χ2n) is 7.67. The third kappa shape index (κ3) is 5.70. The van der Waals surface area contributed by atoms with Gasteiger partial charge in [-0.3, -0.25) is 4.79 Å². The van der Waals surface area contributed by atoms with E-state index in [2.05, 4.69) is 13.8 Å².